The maximum absolute atomic E-state index is 13.1. The molecule has 4 heterocycles. The smallest absolute Gasteiger partial charge is 0.264 e. The van der Waals surface area contributed by atoms with E-state index in [9.17, 15) is 14.4 Å². The van der Waals surface area contributed by atoms with Crippen LogP contribution in [0.25, 0.3) is 10.2 Å². The van der Waals surface area contributed by atoms with Crippen molar-refractivity contribution in [2.75, 3.05) is 19.6 Å². The number of carbonyl (C=O) groups excluding carboxylic acids is 2. The highest BCUT2D eigenvalue weighted by molar-refractivity contribution is 7.20. The zero-order valence-corrected chi connectivity index (χ0v) is 17.3. The molecule has 0 aromatic carbocycles. The number of aromatic nitrogens is 2. The fourth-order valence-corrected chi connectivity index (χ4v) is 5.31. The number of hydrogen-bond donors (Lipinski definition) is 0. The molecule has 2 aliphatic heterocycles. The molecule has 2 saturated heterocycles. The molecule has 0 radical (unpaired) electrons. The number of carbonyl (C=O) groups is 2. The van der Waals surface area contributed by atoms with Gasteiger partial charge in [0.05, 0.1) is 16.6 Å². The van der Waals surface area contributed by atoms with Crippen molar-refractivity contribution in [3.05, 3.63) is 27.1 Å². The normalized spacial score (nSPS) is 20.1. The van der Waals surface area contributed by atoms with Gasteiger partial charge in [-0.3, -0.25) is 19.0 Å². The van der Waals surface area contributed by atoms with Gasteiger partial charge in [0.15, 0.2) is 0 Å². The Morgan fingerprint density at radius 3 is 2.61 bits per heavy atom. The van der Waals surface area contributed by atoms with E-state index in [0.717, 1.165) is 51.7 Å². The van der Waals surface area contributed by atoms with E-state index in [1.165, 1.54) is 22.2 Å². The molecule has 2 aromatic rings. The first-order valence-corrected chi connectivity index (χ1v) is 10.9. The van der Waals surface area contributed by atoms with Gasteiger partial charge in [0.2, 0.25) is 5.91 Å². The Balaban J connectivity index is 1.65. The van der Waals surface area contributed by atoms with Crippen LogP contribution in [0.4, 0.5) is 0 Å². The number of rotatable bonds is 3. The molecule has 4 rings (SSSR count). The highest BCUT2D eigenvalue weighted by Gasteiger charge is 2.28. The molecule has 0 N–H and O–H groups in total. The average Bonchev–Trinajstić information content (AvgIpc) is 3.32. The van der Waals surface area contributed by atoms with E-state index in [2.05, 4.69) is 11.9 Å². The largest absolute Gasteiger partial charge is 0.341 e. The summed E-state index contributed by atoms with van der Waals surface area (Å²) in [6.45, 7) is 6.17. The Morgan fingerprint density at radius 1 is 1.18 bits per heavy atom. The summed E-state index contributed by atoms with van der Waals surface area (Å²) in [5, 5.41) is 0.467. The number of piperidine rings is 1. The third-order valence-corrected chi connectivity index (χ3v) is 7.13. The lowest BCUT2D eigenvalue weighted by Crippen LogP contribution is -2.41. The predicted molar refractivity (Wildman–Crippen MR) is 109 cm³/mol. The SMILES string of the molecule is Cc1c(C(=O)N2CCCCC2C)sc2ncn(CC(=O)N3CCCC3)c(=O)c12. The Labute approximate surface area is 168 Å². The van der Waals surface area contributed by atoms with Gasteiger partial charge in [0, 0.05) is 25.7 Å². The van der Waals surface area contributed by atoms with E-state index in [4.69, 9.17) is 0 Å². The molecule has 28 heavy (non-hydrogen) atoms. The van der Waals surface area contributed by atoms with Crippen LogP contribution in [0, 0.1) is 6.92 Å². The summed E-state index contributed by atoms with van der Waals surface area (Å²) in [5.41, 5.74) is 0.445. The van der Waals surface area contributed by atoms with Crippen LogP contribution in [-0.4, -0.2) is 56.8 Å². The number of amides is 2. The van der Waals surface area contributed by atoms with Gasteiger partial charge in [-0.2, -0.15) is 0 Å². The standard InChI is InChI=1S/C20H26N4O3S/c1-13-7-3-4-10-24(13)20(27)17-14(2)16-18(28-17)21-12-23(19(16)26)11-15(25)22-8-5-6-9-22/h12-13H,3-11H2,1-2H3. The van der Waals surface area contributed by atoms with Gasteiger partial charge < -0.3 is 9.80 Å². The summed E-state index contributed by atoms with van der Waals surface area (Å²) in [7, 11) is 0. The molecular weight excluding hydrogens is 376 g/mol. The van der Waals surface area contributed by atoms with Gasteiger partial charge in [-0.25, -0.2) is 4.98 Å². The summed E-state index contributed by atoms with van der Waals surface area (Å²) in [6.07, 6.45) is 6.65. The maximum Gasteiger partial charge on any atom is 0.264 e. The molecule has 1 unspecified atom stereocenters. The van der Waals surface area contributed by atoms with E-state index in [0.29, 0.717) is 20.7 Å². The molecule has 7 nitrogen and oxygen atoms in total. The highest BCUT2D eigenvalue weighted by atomic mass is 32.1. The quantitative estimate of drug-likeness (QED) is 0.790. The molecule has 0 aliphatic carbocycles. The van der Waals surface area contributed by atoms with Crippen molar-refractivity contribution < 1.29 is 9.59 Å². The fraction of sp³-hybridized carbons (Fsp3) is 0.600. The first kappa shape index (κ1) is 19.1. The predicted octanol–water partition coefficient (Wildman–Crippen LogP) is 2.40. The number of hydrogen-bond acceptors (Lipinski definition) is 5. The van der Waals surface area contributed by atoms with Crippen LogP contribution in [0.2, 0.25) is 0 Å². The van der Waals surface area contributed by atoms with Gasteiger partial charge in [-0.05, 0) is 51.5 Å². The second-order valence-electron chi connectivity index (χ2n) is 7.85. The highest BCUT2D eigenvalue weighted by Crippen LogP contribution is 2.30. The lowest BCUT2D eigenvalue weighted by atomic mass is 10.0. The number of nitrogens with zero attached hydrogens (tertiary/aromatic N) is 4. The molecule has 2 amide bonds. The van der Waals surface area contributed by atoms with Crippen molar-refractivity contribution in [1.29, 1.82) is 0 Å². The molecule has 150 valence electrons. The number of likely N-dealkylation sites (tertiary alicyclic amines) is 2. The monoisotopic (exact) mass is 402 g/mol. The summed E-state index contributed by atoms with van der Waals surface area (Å²) in [5.74, 6) is -0.0566. The second-order valence-corrected chi connectivity index (χ2v) is 8.84. The Kier molecular flexibility index (Phi) is 5.23. The fourth-order valence-electron chi connectivity index (χ4n) is 4.22. The first-order valence-electron chi connectivity index (χ1n) is 10.0. The maximum atomic E-state index is 13.1. The van der Waals surface area contributed by atoms with E-state index in [-0.39, 0.29) is 30.0 Å². The molecule has 8 heteroatoms. The molecule has 2 fully saturated rings. The van der Waals surface area contributed by atoms with Crippen molar-refractivity contribution in [3.63, 3.8) is 0 Å². The lowest BCUT2D eigenvalue weighted by Gasteiger charge is -2.33. The van der Waals surface area contributed by atoms with Gasteiger partial charge >= 0.3 is 0 Å². The zero-order chi connectivity index (χ0) is 19.8. The van der Waals surface area contributed by atoms with Gasteiger partial charge in [-0.1, -0.05) is 0 Å². The van der Waals surface area contributed by atoms with Crippen LogP contribution in [0.1, 0.15) is 54.3 Å². The number of fused-ring (bicyclic) bond motifs is 1. The van der Waals surface area contributed by atoms with Crippen molar-refractivity contribution in [2.24, 2.45) is 0 Å². The van der Waals surface area contributed by atoms with Crippen molar-refractivity contribution in [1.82, 2.24) is 19.4 Å². The van der Waals surface area contributed by atoms with Crippen LogP contribution in [0.15, 0.2) is 11.1 Å². The van der Waals surface area contributed by atoms with E-state index in [1.807, 2.05) is 11.8 Å². The van der Waals surface area contributed by atoms with Crippen LogP contribution in [0.5, 0.6) is 0 Å². The third-order valence-electron chi connectivity index (χ3n) is 5.94. The van der Waals surface area contributed by atoms with Crippen molar-refractivity contribution in [2.45, 2.75) is 58.5 Å². The summed E-state index contributed by atoms with van der Waals surface area (Å²) < 4.78 is 1.38. The number of aryl methyl sites for hydroxylation is 1. The minimum absolute atomic E-state index is 0.00347. The van der Waals surface area contributed by atoms with E-state index >= 15 is 0 Å². The Morgan fingerprint density at radius 2 is 1.89 bits per heavy atom. The molecule has 1 atom stereocenters. The Bertz CT molecular complexity index is 974. The average molecular weight is 403 g/mol. The molecular formula is C20H26N4O3S. The lowest BCUT2D eigenvalue weighted by molar-refractivity contribution is -0.130. The third kappa shape index (κ3) is 3.34. The van der Waals surface area contributed by atoms with Crippen LogP contribution in [-0.2, 0) is 11.3 Å². The molecule has 0 bridgehead atoms. The van der Waals surface area contributed by atoms with Crippen LogP contribution < -0.4 is 5.56 Å². The molecule has 0 spiro atoms. The topological polar surface area (TPSA) is 75.5 Å². The Hall–Kier alpha value is -2.22. The molecule has 0 saturated carbocycles. The summed E-state index contributed by atoms with van der Waals surface area (Å²) in [4.78, 5) is 47.8. The van der Waals surface area contributed by atoms with Crippen molar-refractivity contribution in [3.8, 4) is 0 Å². The van der Waals surface area contributed by atoms with Gasteiger partial charge in [0.25, 0.3) is 11.5 Å². The van der Waals surface area contributed by atoms with Gasteiger partial charge in [-0.15, -0.1) is 11.3 Å². The molecule has 2 aromatic heterocycles. The van der Waals surface area contributed by atoms with Crippen molar-refractivity contribution >= 4 is 33.4 Å². The summed E-state index contributed by atoms with van der Waals surface area (Å²) in [6, 6.07) is 0.216. The van der Waals surface area contributed by atoms with E-state index < -0.39 is 0 Å². The minimum atomic E-state index is -0.239. The zero-order valence-electron chi connectivity index (χ0n) is 16.4. The molecule has 2 aliphatic rings. The first-order chi connectivity index (χ1) is 13.5. The van der Waals surface area contributed by atoms with Gasteiger partial charge in [0.1, 0.15) is 11.4 Å². The van der Waals surface area contributed by atoms with E-state index in [1.54, 1.807) is 4.90 Å². The minimum Gasteiger partial charge on any atom is -0.341 e. The summed E-state index contributed by atoms with van der Waals surface area (Å²) >= 11 is 1.28. The van der Waals surface area contributed by atoms with Crippen LogP contribution in [0.3, 0.4) is 0 Å². The second kappa shape index (κ2) is 7.66. The number of thiophene rings is 1. The van der Waals surface area contributed by atoms with Crippen LogP contribution >= 0.6 is 11.3 Å².